The van der Waals surface area contributed by atoms with Gasteiger partial charge in [-0.05, 0) is 93.4 Å². The molecule has 5 saturated carbocycles. The second-order valence-electron chi connectivity index (χ2n) is 10.2. The predicted octanol–water partition coefficient (Wildman–Crippen LogP) is 4.84. The molecule has 0 heterocycles. The molecule has 5 aliphatic rings. The van der Waals surface area contributed by atoms with Crippen LogP contribution in [0.15, 0.2) is 24.3 Å². The molecule has 4 bridgehead atoms. The smallest absolute Gasteiger partial charge is 0.319 e. The number of urea groups is 1. The number of carbonyl (C=O) groups excluding carboxylic acids is 2. The van der Waals surface area contributed by atoms with Crippen molar-refractivity contribution in [2.75, 3.05) is 5.32 Å². The second-order valence-corrected chi connectivity index (χ2v) is 10.2. The molecule has 0 radical (unpaired) electrons. The monoisotopic (exact) mass is 395 g/mol. The van der Waals surface area contributed by atoms with Gasteiger partial charge in [-0.25, -0.2) is 4.79 Å². The molecule has 156 valence electrons. The van der Waals surface area contributed by atoms with E-state index in [-0.39, 0.29) is 17.5 Å². The van der Waals surface area contributed by atoms with Crippen molar-refractivity contribution in [1.29, 1.82) is 0 Å². The molecule has 3 N–H and O–H groups in total. The maximum absolute atomic E-state index is 12.7. The number of carbonyl (C=O) groups is 2. The van der Waals surface area contributed by atoms with E-state index in [2.05, 4.69) is 16.0 Å². The van der Waals surface area contributed by atoms with Crippen LogP contribution in [0.2, 0.25) is 0 Å². The van der Waals surface area contributed by atoms with Crippen LogP contribution >= 0.6 is 0 Å². The minimum atomic E-state index is -0.105. The van der Waals surface area contributed by atoms with Gasteiger partial charge in [0.05, 0.1) is 0 Å². The van der Waals surface area contributed by atoms with Crippen molar-refractivity contribution in [3.8, 4) is 0 Å². The number of rotatable bonds is 4. The van der Waals surface area contributed by atoms with Gasteiger partial charge in [-0.2, -0.15) is 0 Å². The molecule has 0 spiro atoms. The summed E-state index contributed by atoms with van der Waals surface area (Å²) in [4.78, 5) is 25.1. The summed E-state index contributed by atoms with van der Waals surface area (Å²) in [7, 11) is 0. The van der Waals surface area contributed by atoms with Crippen molar-refractivity contribution in [3.05, 3.63) is 29.8 Å². The number of amides is 3. The van der Waals surface area contributed by atoms with Crippen LogP contribution in [0, 0.1) is 17.8 Å². The van der Waals surface area contributed by atoms with E-state index >= 15 is 0 Å². The molecule has 0 aliphatic heterocycles. The summed E-state index contributed by atoms with van der Waals surface area (Å²) in [5, 5.41) is 9.46. The topological polar surface area (TPSA) is 70.2 Å². The number of benzene rings is 1. The van der Waals surface area contributed by atoms with Crippen LogP contribution in [0.25, 0.3) is 0 Å². The van der Waals surface area contributed by atoms with Gasteiger partial charge in [-0.15, -0.1) is 0 Å². The molecule has 5 fully saturated rings. The number of hydrogen-bond donors (Lipinski definition) is 3. The van der Waals surface area contributed by atoms with Gasteiger partial charge >= 0.3 is 6.03 Å². The van der Waals surface area contributed by atoms with Crippen LogP contribution in [0.5, 0.6) is 0 Å². The van der Waals surface area contributed by atoms with Crippen LogP contribution in [-0.2, 0) is 0 Å². The molecule has 0 atom stereocenters. The molecule has 0 aromatic heterocycles. The van der Waals surface area contributed by atoms with Gasteiger partial charge in [0.15, 0.2) is 0 Å². The lowest BCUT2D eigenvalue weighted by atomic mass is 9.53. The Balaban J connectivity index is 1.16. The van der Waals surface area contributed by atoms with Crippen molar-refractivity contribution < 1.29 is 9.59 Å². The predicted molar refractivity (Wildman–Crippen MR) is 114 cm³/mol. The first kappa shape index (κ1) is 19.0. The average Bonchev–Trinajstić information content (AvgIpc) is 2.67. The van der Waals surface area contributed by atoms with E-state index in [4.69, 9.17) is 0 Å². The number of anilines is 1. The molecule has 1 aromatic rings. The Bertz CT molecular complexity index is 732. The molecule has 5 aliphatic carbocycles. The minimum absolute atomic E-state index is 0.0125. The quantitative estimate of drug-likeness (QED) is 0.683. The highest BCUT2D eigenvalue weighted by molar-refractivity contribution is 5.95. The third-order valence-corrected chi connectivity index (χ3v) is 7.76. The summed E-state index contributed by atoms with van der Waals surface area (Å²) in [6.07, 6.45) is 13.4. The zero-order valence-corrected chi connectivity index (χ0v) is 17.2. The maximum Gasteiger partial charge on any atom is 0.319 e. The molecular weight excluding hydrogens is 362 g/mol. The SMILES string of the molecule is O=C(Nc1ccc(C(=O)NC2CCCCC2)cc1)NC12CC3CC(CC(C3)C1)C2. The Morgan fingerprint density at radius 2 is 1.41 bits per heavy atom. The molecule has 5 nitrogen and oxygen atoms in total. The van der Waals surface area contributed by atoms with E-state index in [1.807, 2.05) is 12.1 Å². The molecule has 0 saturated heterocycles. The molecule has 3 amide bonds. The van der Waals surface area contributed by atoms with Crippen LogP contribution < -0.4 is 16.0 Å². The summed E-state index contributed by atoms with van der Waals surface area (Å²) >= 11 is 0. The van der Waals surface area contributed by atoms with Gasteiger partial charge in [0, 0.05) is 22.8 Å². The van der Waals surface area contributed by atoms with E-state index in [0.717, 1.165) is 55.5 Å². The summed E-state index contributed by atoms with van der Waals surface area (Å²) in [6.45, 7) is 0. The highest BCUT2D eigenvalue weighted by atomic mass is 16.2. The Kier molecular flexibility index (Phi) is 5.00. The van der Waals surface area contributed by atoms with E-state index in [1.54, 1.807) is 12.1 Å². The first-order chi connectivity index (χ1) is 14.1. The zero-order chi connectivity index (χ0) is 19.8. The third-order valence-electron chi connectivity index (χ3n) is 7.76. The second kappa shape index (κ2) is 7.66. The Morgan fingerprint density at radius 1 is 0.828 bits per heavy atom. The summed E-state index contributed by atoms with van der Waals surface area (Å²) in [5.74, 6) is 2.41. The third kappa shape index (κ3) is 4.15. The fraction of sp³-hybridized carbons (Fsp3) is 0.667. The van der Waals surface area contributed by atoms with E-state index in [0.29, 0.717) is 11.6 Å². The van der Waals surface area contributed by atoms with Crippen LogP contribution in [0.1, 0.15) is 81.0 Å². The molecular formula is C24H33N3O2. The van der Waals surface area contributed by atoms with Crippen molar-refractivity contribution in [3.63, 3.8) is 0 Å². The van der Waals surface area contributed by atoms with E-state index in [9.17, 15) is 9.59 Å². The highest BCUT2D eigenvalue weighted by Crippen LogP contribution is 2.55. The van der Waals surface area contributed by atoms with E-state index < -0.39 is 0 Å². The van der Waals surface area contributed by atoms with Crippen LogP contribution in [0.3, 0.4) is 0 Å². The molecule has 1 aromatic carbocycles. The van der Waals surface area contributed by atoms with Gasteiger partial charge in [0.25, 0.3) is 5.91 Å². The zero-order valence-electron chi connectivity index (χ0n) is 17.2. The highest BCUT2D eigenvalue weighted by Gasteiger charge is 2.51. The lowest BCUT2D eigenvalue weighted by Gasteiger charge is -2.56. The van der Waals surface area contributed by atoms with Gasteiger partial charge in [-0.3, -0.25) is 4.79 Å². The van der Waals surface area contributed by atoms with Gasteiger partial charge in [-0.1, -0.05) is 19.3 Å². The molecule has 29 heavy (non-hydrogen) atoms. The number of hydrogen-bond acceptors (Lipinski definition) is 2. The van der Waals surface area contributed by atoms with Gasteiger partial charge in [0.2, 0.25) is 0 Å². The summed E-state index contributed by atoms with van der Waals surface area (Å²) in [5.41, 5.74) is 1.41. The Morgan fingerprint density at radius 3 is 2.00 bits per heavy atom. The fourth-order valence-electron chi connectivity index (χ4n) is 6.89. The van der Waals surface area contributed by atoms with E-state index in [1.165, 1.54) is 38.5 Å². The molecule has 5 heteroatoms. The lowest BCUT2D eigenvalue weighted by Crippen LogP contribution is -2.60. The minimum Gasteiger partial charge on any atom is -0.349 e. The van der Waals surface area contributed by atoms with Crippen LogP contribution in [-0.4, -0.2) is 23.5 Å². The normalized spacial score (nSPS) is 33.3. The van der Waals surface area contributed by atoms with Crippen molar-refractivity contribution in [2.45, 2.75) is 82.2 Å². The first-order valence-electron chi connectivity index (χ1n) is 11.6. The molecule has 0 unspecified atom stereocenters. The fourth-order valence-corrected chi connectivity index (χ4v) is 6.89. The summed E-state index contributed by atoms with van der Waals surface area (Å²) in [6, 6.07) is 7.47. The Hall–Kier alpha value is -2.04. The first-order valence-corrected chi connectivity index (χ1v) is 11.6. The van der Waals surface area contributed by atoms with Crippen molar-refractivity contribution >= 4 is 17.6 Å². The maximum atomic E-state index is 12.7. The molecule has 6 rings (SSSR count). The number of nitrogens with one attached hydrogen (secondary N) is 3. The largest absolute Gasteiger partial charge is 0.349 e. The van der Waals surface area contributed by atoms with Crippen LogP contribution in [0.4, 0.5) is 10.5 Å². The summed E-state index contributed by atoms with van der Waals surface area (Å²) < 4.78 is 0. The van der Waals surface area contributed by atoms with Crippen molar-refractivity contribution in [2.24, 2.45) is 17.8 Å². The standard InChI is InChI=1S/C24H33N3O2/c28-22(25-20-4-2-1-3-5-20)19-6-8-21(9-7-19)26-23(29)27-24-13-16-10-17(14-24)12-18(11-16)15-24/h6-9,16-18,20H,1-5,10-15H2,(H,25,28)(H2,26,27,29). The van der Waals surface area contributed by atoms with Gasteiger partial charge in [0.1, 0.15) is 0 Å². The average molecular weight is 396 g/mol. The lowest BCUT2D eigenvalue weighted by molar-refractivity contribution is -0.0127. The van der Waals surface area contributed by atoms with Gasteiger partial charge < -0.3 is 16.0 Å². The van der Waals surface area contributed by atoms with Crippen molar-refractivity contribution in [1.82, 2.24) is 10.6 Å². The Labute approximate surface area is 173 Å².